The smallest absolute Gasteiger partial charge is 0.0986 e. The Bertz CT molecular complexity index is 620. The van der Waals surface area contributed by atoms with E-state index in [1.54, 1.807) is 11.8 Å². The van der Waals surface area contributed by atoms with Crippen LogP contribution in [0.1, 0.15) is 24.1 Å². The van der Waals surface area contributed by atoms with Gasteiger partial charge in [-0.2, -0.15) is 5.10 Å². The van der Waals surface area contributed by atoms with E-state index >= 15 is 0 Å². The second kappa shape index (κ2) is 5.80. The maximum atomic E-state index is 6.37. The van der Waals surface area contributed by atoms with E-state index in [0.717, 1.165) is 27.2 Å². The summed E-state index contributed by atoms with van der Waals surface area (Å²) in [6, 6.07) is 9.07. The van der Waals surface area contributed by atoms with Gasteiger partial charge in [-0.25, -0.2) is 0 Å². The fourth-order valence-electron chi connectivity index (χ4n) is 2.08. The van der Waals surface area contributed by atoms with Crippen molar-refractivity contribution in [2.24, 2.45) is 7.05 Å². The molecule has 0 unspecified atom stereocenters. The number of aryl methyl sites for hydroxylation is 2. The van der Waals surface area contributed by atoms with Crippen molar-refractivity contribution in [2.45, 2.75) is 42.3 Å². The van der Waals surface area contributed by atoms with Crippen molar-refractivity contribution in [3.63, 3.8) is 0 Å². The third-order valence-electron chi connectivity index (χ3n) is 3.36. The molecule has 1 aromatic carbocycles. The summed E-state index contributed by atoms with van der Waals surface area (Å²) < 4.78 is 1.90. The van der Waals surface area contributed by atoms with Crippen molar-refractivity contribution >= 4 is 23.4 Å². The number of hydrogen-bond donors (Lipinski definition) is 1. The Morgan fingerprint density at radius 3 is 2.80 bits per heavy atom. The molecule has 0 amide bonds. The van der Waals surface area contributed by atoms with Gasteiger partial charge in [-0.15, -0.1) is 0 Å². The van der Waals surface area contributed by atoms with Crippen LogP contribution in [0.15, 0.2) is 34.2 Å². The number of nitrogens with zero attached hydrogens (tertiary/aromatic N) is 2. The summed E-state index contributed by atoms with van der Waals surface area (Å²) in [5, 5.41) is 9.81. The minimum absolute atomic E-state index is 0.706. The highest BCUT2D eigenvalue weighted by molar-refractivity contribution is 7.99. The molecule has 1 aromatic heterocycles. The van der Waals surface area contributed by atoms with Gasteiger partial charge >= 0.3 is 0 Å². The van der Waals surface area contributed by atoms with E-state index < -0.39 is 0 Å². The molecule has 1 fully saturated rings. The second-order valence-corrected chi connectivity index (χ2v) is 6.76. The predicted octanol–water partition coefficient (Wildman–Crippen LogP) is 3.79. The third kappa shape index (κ3) is 3.37. The van der Waals surface area contributed by atoms with Crippen molar-refractivity contribution in [2.75, 3.05) is 0 Å². The Morgan fingerprint density at radius 2 is 2.20 bits per heavy atom. The Kier molecular flexibility index (Phi) is 4.06. The van der Waals surface area contributed by atoms with Crippen LogP contribution in [0.4, 0.5) is 0 Å². The molecular weight excluding hydrogens is 290 g/mol. The molecule has 0 radical (unpaired) electrons. The van der Waals surface area contributed by atoms with Crippen molar-refractivity contribution in [1.29, 1.82) is 0 Å². The van der Waals surface area contributed by atoms with E-state index in [1.807, 2.05) is 24.7 Å². The van der Waals surface area contributed by atoms with Gasteiger partial charge in [0, 0.05) is 29.6 Å². The average Bonchev–Trinajstić information content (AvgIpc) is 3.15. The van der Waals surface area contributed by atoms with Crippen LogP contribution in [0.5, 0.6) is 0 Å². The summed E-state index contributed by atoms with van der Waals surface area (Å²) in [7, 11) is 1.96. The summed E-state index contributed by atoms with van der Waals surface area (Å²) >= 11 is 8.06. The zero-order chi connectivity index (χ0) is 14.1. The number of rotatable bonds is 5. The molecule has 20 heavy (non-hydrogen) atoms. The molecule has 1 saturated carbocycles. The van der Waals surface area contributed by atoms with Crippen molar-refractivity contribution in [3.8, 4) is 0 Å². The van der Waals surface area contributed by atoms with Gasteiger partial charge in [0.2, 0.25) is 0 Å². The van der Waals surface area contributed by atoms with Crippen LogP contribution in [0.2, 0.25) is 5.02 Å². The fourth-order valence-corrected chi connectivity index (χ4v) is 3.35. The first-order chi connectivity index (χ1) is 9.61. The number of benzene rings is 1. The second-order valence-electron chi connectivity index (χ2n) is 5.26. The topological polar surface area (TPSA) is 29.9 Å². The van der Waals surface area contributed by atoms with Crippen molar-refractivity contribution in [1.82, 2.24) is 15.1 Å². The molecule has 2 aromatic rings. The minimum Gasteiger partial charge on any atom is -0.310 e. The van der Waals surface area contributed by atoms with Gasteiger partial charge in [0.25, 0.3) is 0 Å². The standard InChI is InChI=1S/C15H18ClN3S/c1-10-7-15(19(2)18-10)20-13-6-3-11(14(16)8-13)9-17-12-4-5-12/h3,6-8,12,17H,4-5,9H2,1-2H3. The summed E-state index contributed by atoms with van der Waals surface area (Å²) in [4.78, 5) is 1.15. The number of nitrogens with one attached hydrogen (secondary N) is 1. The highest BCUT2D eigenvalue weighted by Crippen LogP contribution is 2.31. The van der Waals surface area contributed by atoms with Gasteiger partial charge in [-0.05, 0) is 43.5 Å². The van der Waals surface area contributed by atoms with Crippen LogP contribution in [0.25, 0.3) is 0 Å². The molecule has 3 rings (SSSR count). The van der Waals surface area contributed by atoms with E-state index in [4.69, 9.17) is 11.6 Å². The molecule has 3 nitrogen and oxygen atoms in total. The van der Waals surface area contributed by atoms with Crippen LogP contribution < -0.4 is 5.32 Å². The lowest BCUT2D eigenvalue weighted by Gasteiger charge is -2.08. The molecule has 0 spiro atoms. The molecule has 106 valence electrons. The van der Waals surface area contributed by atoms with Crippen LogP contribution >= 0.6 is 23.4 Å². The Balaban J connectivity index is 1.70. The van der Waals surface area contributed by atoms with E-state index in [-0.39, 0.29) is 0 Å². The van der Waals surface area contributed by atoms with Gasteiger partial charge in [0.1, 0.15) is 0 Å². The normalized spacial score (nSPS) is 14.8. The first-order valence-corrected chi connectivity index (χ1v) is 8.01. The maximum absolute atomic E-state index is 6.37. The van der Waals surface area contributed by atoms with Crippen LogP contribution in [-0.2, 0) is 13.6 Å². The van der Waals surface area contributed by atoms with Gasteiger partial charge in [0.15, 0.2) is 0 Å². The third-order valence-corrected chi connectivity index (χ3v) is 4.80. The van der Waals surface area contributed by atoms with Crippen LogP contribution in [0, 0.1) is 6.92 Å². The van der Waals surface area contributed by atoms with Crippen LogP contribution in [0.3, 0.4) is 0 Å². The van der Waals surface area contributed by atoms with E-state index in [1.165, 1.54) is 18.4 Å². The lowest BCUT2D eigenvalue weighted by atomic mass is 10.2. The largest absolute Gasteiger partial charge is 0.310 e. The highest BCUT2D eigenvalue weighted by Gasteiger charge is 2.20. The monoisotopic (exact) mass is 307 g/mol. The van der Waals surface area contributed by atoms with Gasteiger partial charge in [0.05, 0.1) is 10.7 Å². The summed E-state index contributed by atoms with van der Waals surface area (Å²) in [6.07, 6.45) is 2.59. The lowest BCUT2D eigenvalue weighted by Crippen LogP contribution is -2.15. The number of aromatic nitrogens is 2. The molecule has 0 aliphatic heterocycles. The lowest BCUT2D eigenvalue weighted by molar-refractivity contribution is 0.687. The Hall–Kier alpha value is -0.970. The summed E-state index contributed by atoms with van der Waals surface area (Å²) in [5.41, 5.74) is 2.20. The Labute approximate surface area is 128 Å². The van der Waals surface area contributed by atoms with Crippen LogP contribution in [-0.4, -0.2) is 15.8 Å². The SMILES string of the molecule is Cc1cc(Sc2ccc(CNC3CC3)c(Cl)c2)n(C)n1. The molecular formula is C15H18ClN3S. The number of hydrogen-bond acceptors (Lipinski definition) is 3. The fraction of sp³-hybridized carbons (Fsp3) is 0.400. The van der Waals surface area contributed by atoms with Gasteiger partial charge in [-0.3, -0.25) is 4.68 Å². The molecule has 1 heterocycles. The van der Waals surface area contributed by atoms with Crippen molar-refractivity contribution in [3.05, 3.63) is 40.5 Å². The maximum Gasteiger partial charge on any atom is 0.0986 e. The highest BCUT2D eigenvalue weighted by atomic mass is 35.5. The molecule has 1 N–H and O–H groups in total. The molecule has 0 atom stereocenters. The molecule has 1 aliphatic carbocycles. The first-order valence-electron chi connectivity index (χ1n) is 6.82. The Morgan fingerprint density at radius 1 is 1.40 bits per heavy atom. The molecule has 1 aliphatic rings. The molecule has 5 heteroatoms. The predicted molar refractivity (Wildman–Crippen MR) is 83.4 cm³/mol. The summed E-state index contributed by atoms with van der Waals surface area (Å²) in [5.74, 6) is 0. The minimum atomic E-state index is 0.706. The van der Waals surface area contributed by atoms with Crippen molar-refractivity contribution < 1.29 is 0 Å². The molecule has 0 bridgehead atoms. The molecule has 0 saturated heterocycles. The summed E-state index contributed by atoms with van der Waals surface area (Å²) in [6.45, 7) is 2.86. The van der Waals surface area contributed by atoms with Gasteiger partial charge in [-0.1, -0.05) is 29.4 Å². The first kappa shape index (κ1) is 14.0. The zero-order valence-electron chi connectivity index (χ0n) is 11.7. The average molecular weight is 308 g/mol. The van der Waals surface area contributed by atoms with E-state index in [0.29, 0.717) is 6.04 Å². The zero-order valence-corrected chi connectivity index (χ0v) is 13.3. The quantitative estimate of drug-likeness (QED) is 0.911. The van der Waals surface area contributed by atoms with E-state index in [9.17, 15) is 0 Å². The van der Waals surface area contributed by atoms with E-state index in [2.05, 4.69) is 28.6 Å². The number of halogens is 1. The van der Waals surface area contributed by atoms with Gasteiger partial charge < -0.3 is 5.32 Å².